The molecule has 0 saturated carbocycles. The average molecular weight is 397 g/mol. The minimum absolute atomic E-state index is 0.0446. The molecule has 1 aromatic carbocycles. The van der Waals surface area contributed by atoms with Crippen LogP contribution < -0.4 is 10.6 Å². The standard InChI is InChI=1S/C21H23N3O5/c1-13(2)18(19(26)22-12-14-6-5-11-29-14)23-17(25)9-10-24-20(27)15-7-3-4-8-16(15)21(24)28/h3-8,11,13,18H,9-10,12H2,1-2H3,(H,22,26)(H,23,25)/t18-/m0/s1. The highest BCUT2D eigenvalue weighted by atomic mass is 16.3. The molecule has 0 radical (unpaired) electrons. The van der Waals surface area contributed by atoms with Gasteiger partial charge < -0.3 is 15.1 Å². The SMILES string of the molecule is CC(C)[C@H](NC(=O)CCN1C(=O)c2ccccc2C1=O)C(=O)NCc1ccco1. The molecule has 4 amide bonds. The van der Waals surface area contributed by atoms with Gasteiger partial charge in [-0.05, 0) is 30.2 Å². The number of nitrogens with zero attached hydrogens (tertiary/aromatic N) is 1. The van der Waals surface area contributed by atoms with Crippen molar-refractivity contribution in [1.82, 2.24) is 15.5 Å². The summed E-state index contributed by atoms with van der Waals surface area (Å²) in [6, 6.07) is 9.29. The van der Waals surface area contributed by atoms with Gasteiger partial charge in [-0.1, -0.05) is 26.0 Å². The van der Waals surface area contributed by atoms with Crippen molar-refractivity contribution >= 4 is 23.6 Å². The lowest BCUT2D eigenvalue weighted by atomic mass is 10.0. The van der Waals surface area contributed by atoms with E-state index in [4.69, 9.17) is 4.42 Å². The lowest BCUT2D eigenvalue weighted by Gasteiger charge is -2.22. The Morgan fingerprint density at radius 1 is 1.03 bits per heavy atom. The summed E-state index contributed by atoms with van der Waals surface area (Å²) in [7, 11) is 0. The van der Waals surface area contributed by atoms with Crippen molar-refractivity contribution in [1.29, 1.82) is 0 Å². The van der Waals surface area contributed by atoms with Gasteiger partial charge >= 0.3 is 0 Å². The molecular formula is C21H23N3O5. The van der Waals surface area contributed by atoms with E-state index in [0.717, 1.165) is 4.90 Å². The van der Waals surface area contributed by atoms with Gasteiger partial charge in [-0.25, -0.2) is 0 Å². The van der Waals surface area contributed by atoms with Crippen LogP contribution in [0.5, 0.6) is 0 Å². The number of carbonyl (C=O) groups excluding carboxylic acids is 4. The Morgan fingerprint density at radius 2 is 1.69 bits per heavy atom. The molecule has 0 fully saturated rings. The predicted octanol–water partition coefficient (Wildman–Crippen LogP) is 1.72. The lowest BCUT2D eigenvalue weighted by Crippen LogP contribution is -2.50. The molecule has 29 heavy (non-hydrogen) atoms. The second-order valence-corrected chi connectivity index (χ2v) is 7.14. The summed E-state index contributed by atoms with van der Waals surface area (Å²) in [5.41, 5.74) is 0.686. The Bertz CT molecular complexity index is 885. The minimum atomic E-state index is -0.736. The number of fused-ring (bicyclic) bond motifs is 1. The third kappa shape index (κ3) is 4.53. The molecule has 0 unspecified atom stereocenters. The molecule has 0 spiro atoms. The minimum Gasteiger partial charge on any atom is -0.467 e. The first-order valence-electron chi connectivity index (χ1n) is 9.43. The molecule has 0 bridgehead atoms. The second kappa shape index (κ2) is 8.72. The van der Waals surface area contributed by atoms with Crippen LogP contribution in [-0.4, -0.2) is 41.1 Å². The van der Waals surface area contributed by atoms with Crippen LogP contribution in [-0.2, 0) is 16.1 Å². The number of furan rings is 1. The van der Waals surface area contributed by atoms with Gasteiger partial charge in [0.05, 0.1) is 23.9 Å². The number of benzene rings is 1. The number of nitrogens with one attached hydrogen (secondary N) is 2. The van der Waals surface area contributed by atoms with Gasteiger partial charge in [-0.15, -0.1) is 0 Å². The molecule has 8 heteroatoms. The first-order chi connectivity index (χ1) is 13.9. The van der Waals surface area contributed by atoms with Crippen molar-refractivity contribution in [3.63, 3.8) is 0 Å². The first kappa shape index (κ1) is 20.3. The summed E-state index contributed by atoms with van der Waals surface area (Å²) >= 11 is 0. The fraction of sp³-hybridized carbons (Fsp3) is 0.333. The van der Waals surface area contributed by atoms with Crippen molar-refractivity contribution < 1.29 is 23.6 Å². The average Bonchev–Trinajstić information content (AvgIpc) is 3.30. The Kier molecular flexibility index (Phi) is 6.11. The van der Waals surface area contributed by atoms with Gasteiger partial charge in [0.25, 0.3) is 11.8 Å². The smallest absolute Gasteiger partial charge is 0.261 e. The fourth-order valence-corrected chi connectivity index (χ4v) is 3.13. The molecule has 2 aromatic rings. The Balaban J connectivity index is 1.54. The van der Waals surface area contributed by atoms with Crippen LogP contribution in [0, 0.1) is 5.92 Å². The van der Waals surface area contributed by atoms with Crippen molar-refractivity contribution in [2.75, 3.05) is 6.54 Å². The van der Waals surface area contributed by atoms with E-state index in [9.17, 15) is 19.2 Å². The van der Waals surface area contributed by atoms with Gasteiger partial charge in [-0.3, -0.25) is 24.1 Å². The molecule has 2 heterocycles. The van der Waals surface area contributed by atoms with E-state index < -0.39 is 23.8 Å². The number of carbonyl (C=O) groups is 4. The van der Waals surface area contributed by atoms with Crippen molar-refractivity contribution in [2.45, 2.75) is 32.9 Å². The number of rotatable bonds is 8. The van der Waals surface area contributed by atoms with E-state index in [1.807, 2.05) is 13.8 Å². The van der Waals surface area contributed by atoms with E-state index in [1.54, 1.807) is 36.4 Å². The number of hydrogen-bond donors (Lipinski definition) is 2. The molecule has 0 saturated heterocycles. The van der Waals surface area contributed by atoms with Crippen LogP contribution >= 0.6 is 0 Å². The van der Waals surface area contributed by atoms with E-state index in [0.29, 0.717) is 16.9 Å². The summed E-state index contributed by atoms with van der Waals surface area (Å²) in [5, 5.41) is 5.42. The van der Waals surface area contributed by atoms with Crippen LogP contribution in [0.2, 0.25) is 0 Å². The summed E-state index contributed by atoms with van der Waals surface area (Å²) in [6.45, 7) is 3.82. The van der Waals surface area contributed by atoms with Crippen molar-refractivity contribution in [2.24, 2.45) is 5.92 Å². The van der Waals surface area contributed by atoms with Crippen LogP contribution in [0.3, 0.4) is 0 Å². The molecular weight excluding hydrogens is 374 g/mol. The summed E-state index contributed by atoms with van der Waals surface area (Å²) in [6.07, 6.45) is 1.43. The van der Waals surface area contributed by atoms with Crippen LogP contribution in [0.4, 0.5) is 0 Å². The number of amides is 4. The van der Waals surface area contributed by atoms with Crippen molar-refractivity contribution in [3.8, 4) is 0 Å². The van der Waals surface area contributed by atoms with Gasteiger partial charge in [0.1, 0.15) is 11.8 Å². The van der Waals surface area contributed by atoms with Crippen LogP contribution in [0.25, 0.3) is 0 Å². The Morgan fingerprint density at radius 3 is 2.24 bits per heavy atom. The zero-order chi connectivity index (χ0) is 21.0. The van der Waals surface area contributed by atoms with Crippen LogP contribution in [0.15, 0.2) is 47.1 Å². The first-order valence-corrected chi connectivity index (χ1v) is 9.43. The molecule has 0 aliphatic carbocycles. The molecule has 1 aliphatic rings. The van der Waals surface area contributed by atoms with Gasteiger partial charge in [0.2, 0.25) is 11.8 Å². The third-order valence-corrected chi connectivity index (χ3v) is 4.72. The van der Waals surface area contributed by atoms with Crippen LogP contribution in [0.1, 0.15) is 46.7 Å². The number of imide groups is 1. The summed E-state index contributed by atoms with van der Waals surface area (Å²) in [4.78, 5) is 50.6. The third-order valence-electron chi connectivity index (χ3n) is 4.72. The zero-order valence-electron chi connectivity index (χ0n) is 16.3. The van der Waals surface area contributed by atoms with Crippen molar-refractivity contribution in [3.05, 3.63) is 59.5 Å². The maximum atomic E-state index is 12.4. The molecule has 1 aromatic heterocycles. The maximum Gasteiger partial charge on any atom is 0.261 e. The van der Waals surface area contributed by atoms with E-state index in [-0.39, 0.29) is 31.3 Å². The molecule has 152 valence electrons. The maximum absolute atomic E-state index is 12.4. The topological polar surface area (TPSA) is 109 Å². The highest BCUT2D eigenvalue weighted by Gasteiger charge is 2.35. The van der Waals surface area contributed by atoms with Gasteiger partial charge in [-0.2, -0.15) is 0 Å². The molecule has 1 atom stereocenters. The Labute approximate surface area is 168 Å². The molecule has 3 rings (SSSR count). The highest BCUT2D eigenvalue weighted by Crippen LogP contribution is 2.22. The quantitative estimate of drug-likeness (QED) is 0.660. The fourth-order valence-electron chi connectivity index (χ4n) is 3.13. The molecule has 2 N–H and O–H groups in total. The largest absolute Gasteiger partial charge is 0.467 e. The van der Waals surface area contributed by atoms with E-state index in [1.165, 1.54) is 6.26 Å². The van der Waals surface area contributed by atoms with Gasteiger partial charge in [0.15, 0.2) is 0 Å². The monoisotopic (exact) mass is 397 g/mol. The summed E-state index contributed by atoms with van der Waals surface area (Å²) < 4.78 is 5.18. The zero-order valence-corrected chi connectivity index (χ0v) is 16.3. The van der Waals surface area contributed by atoms with E-state index >= 15 is 0 Å². The molecule has 8 nitrogen and oxygen atoms in total. The molecule has 1 aliphatic heterocycles. The lowest BCUT2D eigenvalue weighted by molar-refractivity contribution is -0.130. The second-order valence-electron chi connectivity index (χ2n) is 7.14. The Hall–Kier alpha value is -3.42. The van der Waals surface area contributed by atoms with Gasteiger partial charge in [0, 0.05) is 13.0 Å². The normalized spacial score (nSPS) is 14.1. The highest BCUT2D eigenvalue weighted by molar-refractivity contribution is 6.21. The van der Waals surface area contributed by atoms with E-state index in [2.05, 4.69) is 10.6 Å². The summed E-state index contributed by atoms with van der Waals surface area (Å²) in [5.74, 6) is -1.09. The predicted molar refractivity (Wildman–Crippen MR) is 104 cm³/mol. The number of hydrogen-bond acceptors (Lipinski definition) is 5.